The van der Waals surface area contributed by atoms with Gasteiger partial charge in [0.05, 0.1) is 23.9 Å². The molecule has 32 heavy (non-hydrogen) atoms. The summed E-state index contributed by atoms with van der Waals surface area (Å²) in [5.74, 6) is -0.262. The molecule has 0 spiro atoms. The Balaban J connectivity index is 1.39. The third kappa shape index (κ3) is 4.82. The van der Waals surface area contributed by atoms with E-state index < -0.39 is 11.7 Å². The van der Waals surface area contributed by atoms with Crippen LogP contribution in [0.3, 0.4) is 0 Å². The minimum Gasteiger partial charge on any atom is -0.467 e. The van der Waals surface area contributed by atoms with Gasteiger partial charge in [0.2, 0.25) is 0 Å². The van der Waals surface area contributed by atoms with Crippen LogP contribution in [0.4, 0.5) is 10.1 Å². The molecule has 0 unspecified atom stereocenters. The molecule has 0 bridgehead atoms. The lowest BCUT2D eigenvalue weighted by molar-refractivity contribution is 0.0776. The average Bonchev–Trinajstić information content (AvgIpc) is 3.32. The molecule has 0 atom stereocenters. The first kappa shape index (κ1) is 21.6. The fourth-order valence-corrected chi connectivity index (χ4v) is 4.02. The Morgan fingerprint density at radius 2 is 1.72 bits per heavy atom. The van der Waals surface area contributed by atoms with E-state index in [1.54, 1.807) is 36.4 Å². The van der Waals surface area contributed by atoms with Gasteiger partial charge in [0.25, 0.3) is 11.8 Å². The number of benzene rings is 2. The van der Waals surface area contributed by atoms with Crippen LogP contribution in [0, 0.1) is 5.82 Å². The Morgan fingerprint density at radius 1 is 1.03 bits per heavy atom. The number of hydrogen-bond donors (Lipinski definition) is 1. The molecule has 3 aromatic rings. The zero-order valence-corrected chi connectivity index (χ0v) is 18.0. The van der Waals surface area contributed by atoms with Crippen molar-refractivity contribution in [3.05, 3.63) is 89.6 Å². The average molecular weight is 435 g/mol. The second kappa shape index (κ2) is 9.68. The van der Waals surface area contributed by atoms with Crippen molar-refractivity contribution in [1.82, 2.24) is 10.2 Å². The van der Waals surface area contributed by atoms with Gasteiger partial charge in [0.15, 0.2) is 0 Å². The second-order valence-electron chi connectivity index (χ2n) is 7.97. The van der Waals surface area contributed by atoms with Gasteiger partial charge < -0.3 is 19.5 Å². The predicted molar refractivity (Wildman–Crippen MR) is 120 cm³/mol. The number of amides is 2. The smallest absolute Gasteiger partial charge is 0.256 e. The third-order valence-corrected chi connectivity index (χ3v) is 5.74. The van der Waals surface area contributed by atoms with Crippen LogP contribution >= 0.6 is 0 Å². The SMILES string of the molecule is CN(Cc1ccco1)C(=O)c1ccccc1N1CCC(NC(=O)c2ccccc2F)CC1. The van der Waals surface area contributed by atoms with Crippen LogP contribution in [0.2, 0.25) is 0 Å². The van der Waals surface area contributed by atoms with Crippen LogP contribution in [0.25, 0.3) is 0 Å². The van der Waals surface area contributed by atoms with Crippen molar-refractivity contribution in [2.45, 2.75) is 25.4 Å². The van der Waals surface area contributed by atoms with Gasteiger partial charge in [0, 0.05) is 31.9 Å². The highest BCUT2D eigenvalue weighted by Crippen LogP contribution is 2.26. The van der Waals surface area contributed by atoms with Crippen molar-refractivity contribution in [2.75, 3.05) is 25.0 Å². The van der Waals surface area contributed by atoms with E-state index in [1.807, 2.05) is 30.3 Å². The third-order valence-electron chi connectivity index (χ3n) is 5.74. The van der Waals surface area contributed by atoms with Crippen molar-refractivity contribution in [3.63, 3.8) is 0 Å². The van der Waals surface area contributed by atoms with Crippen LogP contribution in [-0.2, 0) is 6.54 Å². The Labute approximate surface area is 186 Å². The Bertz CT molecular complexity index is 1080. The molecule has 0 saturated carbocycles. The lowest BCUT2D eigenvalue weighted by atomic mass is 10.0. The van der Waals surface area contributed by atoms with Gasteiger partial charge in [0.1, 0.15) is 11.6 Å². The molecule has 166 valence electrons. The molecule has 1 aliphatic heterocycles. The van der Waals surface area contributed by atoms with Gasteiger partial charge in [-0.05, 0) is 49.2 Å². The second-order valence-corrected chi connectivity index (χ2v) is 7.97. The normalized spacial score (nSPS) is 14.2. The molecule has 2 amide bonds. The maximum atomic E-state index is 13.9. The highest BCUT2D eigenvalue weighted by Gasteiger charge is 2.25. The molecule has 4 rings (SSSR count). The maximum absolute atomic E-state index is 13.9. The fourth-order valence-electron chi connectivity index (χ4n) is 4.02. The zero-order valence-electron chi connectivity index (χ0n) is 18.0. The van der Waals surface area contributed by atoms with E-state index in [0.717, 1.165) is 11.4 Å². The molecular formula is C25H26FN3O3. The number of carbonyl (C=O) groups excluding carboxylic acids is 2. The Hall–Kier alpha value is -3.61. The summed E-state index contributed by atoms with van der Waals surface area (Å²) in [4.78, 5) is 29.3. The van der Waals surface area contributed by atoms with E-state index >= 15 is 0 Å². The quantitative estimate of drug-likeness (QED) is 0.633. The molecular weight excluding hydrogens is 409 g/mol. The largest absolute Gasteiger partial charge is 0.467 e. The summed E-state index contributed by atoms with van der Waals surface area (Å²) in [5.41, 5.74) is 1.57. The molecule has 1 saturated heterocycles. The topological polar surface area (TPSA) is 65.8 Å². The molecule has 2 aromatic carbocycles. The number of furan rings is 1. The number of rotatable bonds is 6. The summed E-state index contributed by atoms with van der Waals surface area (Å²) in [6.45, 7) is 1.77. The predicted octanol–water partition coefficient (Wildman–Crippen LogP) is 4.09. The van der Waals surface area contributed by atoms with Crippen molar-refractivity contribution in [3.8, 4) is 0 Å². The summed E-state index contributed by atoms with van der Waals surface area (Å²) in [6.07, 6.45) is 3.02. The monoisotopic (exact) mass is 435 g/mol. The zero-order chi connectivity index (χ0) is 22.5. The van der Waals surface area contributed by atoms with Crippen molar-refractivity contribution in [1.29, 1.82) is 0 Å². The van der Waals surface area contributed by atoms with Crippen molar-refractivity contribution >= 4 is 17.5 Å². The van der Waals surface area contributed by atoms with Crippen molar-refractivity contribution < 1.29 is 18.4 Å². The van der Waals surface area contributed by atoms with Crippen LogP contribution in [0.1, 0.15) is 39.3 Å². The number of halogens is 1. The highest BCUT2D eigenvalue weighted by atomic mass is 19.1. The van der Waals surface area contributed by atoms with Crippen LogP contribution in [0.5, 0.6) is 0 Å². The van der Waals surface area contributed by atoms with E-state index in [9.17, 15) is 14.0 Å². The maximum Gasteiger partial charge on any atom is 0.256 e. The van der Waals surface area contributed by atoms with Gasteiger partial charge in [-0.25, -0.2) is 4.39 Å². The molecule has 2 heterocycles. The van der Waals surface area contributed by atoms with Crippen LogP contribution < -0.4 is 10.2 Å². The summed E-state index contributed by atoms with van der Waals surface area (Å²) in [6, 6.07) is 17.2. The first-order valence-corrected chi connectivity index (χ1v) is 10.7. The molecule has 1 aromatic heterocycles. The minimum absolute atomic E-state index is 0.0390. The minimum atomic E-state index is -0.520. The number of carbonyl (C=O) groups is 2. The number of hydrogen-bond acceptors (Lipinski definition) is 4. The molecule has 1 fully saturated rings. The number of para-hydroxylation sites is 1. The number of nitrogens with zero attached hydrogens (tertiary/aromatic N) is 2. The fraction of sp³-hybridized carbons (Fsp3) is 0.280. The van der Waals surface area contributed by atoms with Crippen LogP contribution in [0.15, 0.2) is 71.3 Å². The number of anilines is 1. The number of nitrogens with one attached hydrogen (secondary N) is 1. The molecule has 0 aliphatic carbocycles. The van der Waals surface area contributed by atoms with Crippen molar-refractivity contribution in [2.24, 2.45) is 0 Å². The van der Waals surface area contributed by atoms with E-state index in [2.05, 4.69) is 10.2 Å². The molecule has 7 heteroatoms. The Morgan fingerprint density at radius 3 is 2.41 bits per heavy atom. The highest BCUT2D eigenvalue weighted by molar-refractivity contribution is 5.99. The lowest BCUT2D eigenvalue weighted by Gasteiger charge is -2.35. The van der Waals surface area contributed by atoms with Gasteiger partial charge in [-0.3, -0.25) is 9.59 Å². The summed E-state index contributed by atoms with van der Waals surface area (Å²) in [5, 5.41) is 2.94. The molecule has 1 aliphatic rings. The van der Waals surface area contributed by atoms with Gasteiger partial charge in [-0.15, -0.1) is 0 Å². The van der Waals surface area contributed by atoms with E-state index in [0.29, 0.717) is 38.0 Å². The van der Waals surface area contributed by atoms with E-state index in [1.165, 1.54) is 12.1 Å². The summed E-state index contributed by atoms with van der Waals surface area (Å²) in [7, 11) is 1.76. The van der Waals surface area contributed by atoms with E-state index in [4.69, 9.17) is 4.42 Å². The Kier molecular flexibility index (Phi) is 6.54. The first-order valence-electron chi connectivity index (χ1n) is 10.7. The van der Waals surface area contributed by atoms with Gasteiger partial charge >= 0.3 is 0 Å². The molecule has 0 radical (unpaired) electrons. The molecule has 1 N–H and O–H groups in total. The van der Waals surface area contributed by atoms with E-state index in [-0.39, 0.29) is 17.5 Å². The molecule has 6 nitrogen and oxygen atoms in total. The summed E-state index contributed by atoms with van der Waals surface area (Å²) < 4.78 is 19.2. The number of piperidine rings is 1. The lowest BCUT2D eigenvalue weighted by Crippen LogP contribution is -2.45. The van der Waals surface area contributed by atoms with Gasteiger partial charge in [-0.2, -0.15) is 0 Å². The summed E-state index contributed by atoms with van der Waals surface area (Å²) >= 11 is 0. The van der Waals surface area contributed by atoms with Crippen LogP contribution in [-0.4, -0.2) is 42.9 Å². The standard InChI is InChI=1S/C25H26FN3O3/c1-28(17-19-7-6-16-32-19)25(31)21-9-3-5-11-23(21)29-14-12-18(13-15-29)27-24(30)20-8-2-4-10-22(20)26/h2-11,16,18H,12-15,17H2,1H3,(H,27,30). The van der Waals surface area contributed by atoms with Gasteiger partial charge in [-0.1, -0.05) is 24.3 Å². The first-order chi connectivity index (χ1) is 15.5.